The molecule has 0 spiro atoms. The van der Waals surface area contributed by atoms with Gasteiger partial charge in [-0.2, -0.15) is 0 Å². The molecule has 0 saturated heterocycles. The predicted octanol–water partition coefficient (Wildman–Crippen LogP) is 2.31. The van der Waals surface area contributed by atoms with Crippen LogP contribution in [0, 0.1) is 0 Å². The van der Waals surface area contributed by atoms with Crippen molar-refractivity contribution in [2.45, 2.75) is 30.7 Å². The Bertz CT molecular complexity index is 429. The second-order valence-corrected chi connectivity index (χ2v) is 5.34. The van der Waals surface area contributed by atoms with Crippen molar-refractivity contribution < 1.29 is 4.79 Å². The summed E-state index contributed by atoms with van der Waals surface area (Å²) >= 11 is 1.57. The first-order chi connectivity index (χ1) is 7.53. The van der Waals surface area contributed by atoms with Gasteiger partial charge in [-0.1, -0.05) is 13.0 Å². The number of hydrogen-bond donors (Lipinski definition) is 2. The van der Waals surface area contributed by atoms with Gasteiger partial charge in [-0.3, -0.25) is 4.79 Å². The minimum atomic E-state index is -0.331. The second-order valence-electron chi connectivity index (χ2n) is 4.32. The van der Waals surface area contributed by atoms with Crippen LogP contribution >= 0.6 is 11.8 Å². The van der Waals surface area contributed by atoms with Crippen molar-refractivity contribution in [2.75, 3.05) is 11.1 Å². The van der Waals surface area contributed by atoms with Gasteiger partial charge in [0.15, 0.2) is 0 Å². The third kappa shape index (κ3) is 2.08. The van der Waals surface area contributed by atoms with E-state index in [1.165, 1.54) is 0 Å². The third-order valence-electron chi connectivity index (χ3n) is 3.01. The largest absolute Gasteiger partial charge is 0.324 e. The number of carbonyl (C=O) groups excluding carboxylic acids is 1. The standard InChI is InChI=1S/C12H16N2OS/c1-3-12(2,13)8-4-5-10-9(6-8)14-11(15)7-16-10/h4-6H,3,7,13H2,1-2H3,(H,14,15). The lowest BCUT2D eigenvalue weighted by atomic mass is 9.90. The molecule has 0 bridgehead atoms. The average molecular weight is 236 g/mol. The maximum absolute atomic E-state index is 11.3. The Balaban J connectivity index is 2.38. The number of nitrogens with two attached hydrogens (primary N) is 1. The minimum Gasteiger partial charge on any atom is -0.324 e. The number of thioether (sulfide) groups is 1. The van der Waals surface area contributed by atoms with Gasteiger partial charge in [-0.05, 0) is 31.0 Å². The summed E-state index contributed by atoms with van der Waals surface area (Å²) in [5.74, 6) is 0.560. The fourth-order valence-electron chi connectivity index (χ4n) is 1.64. The summed E-state index contributed by atoms with van der Waals surface area (Å²) < 4.78 is 0. The highest BCUT2D eigenvalue weighted by Crippen LogP contribution is 2.34. The highest BCUT2D eigenvalue weighted by molar-refractivity contribution is 8.00. The number of anilines is 1. The fraction of sp³-hybridized carbons (Fsp3) is 0.417. The highest BCUT2D eigenvalue weighted by atomic mass is 32.2. The number of rotatable bonds is 2. The smallest absolute Gasteiger partial charge is 0.234 e. The number of amides is 1. The zero-order valence-corrected chi connectivity index (χ0v) is 10.4. The zero-order valence-electron chi connectivity index (χ0n) is 9.54. The van der Waals surface area contributed by atoms with Crippen molar-refractivity contribution in [3.05, 3.63) is 23.8 Å². The molecule has 0 saturated carbocycles. The lowest BCUT2D eigenvalue weighted by molar-refractivity contribution is -0.113. The van der Waals surface area contributed by atoms with Gasteiger partial charge < -0.3 is 11.1 Å². The maximum atomic E-state index is 11.3. The Hall–Kier alpha value is -1.000. The lowest BCUT2D eigenvalue weighted by Gasteiger charge is -2.26. The summed E-state index contributed by atoms with van der Waals surface area (Å²) in [6.45, 7) is 4.07. The molecule has 1 aromatic rings. The lowest BCUT2D eigenvalue weighted by Crippen LogP contribution is -2.32. The van der Waals surface area contributed by atoms with Gasteiger partial charge in [-0.15, -0.1) is 11.8 Å². The van der Waals surface area contributed by atoms with Crippen molar-refractivity contribution >= 4 is 23.4 Å². The Morgan fingerprint density at radius 1 is 1.56 bits per heavy atom. The molecule has 1 aliphatic rings. The Morgan fingerprint density at radius 3 is 3.00 bits per heavy atom. The van der Waals surface area contributed by atoms with Gasteiger partial charge in [0.05, 0.1) is 11.4 Å². The molecule has 4 heteroatoms. The monoisotopic (exact) mass is 236 g/mol. The second kappa shape index (κ2) is 4.11. The molecule has 1 atom stereocenters. The number of carbonyl (C=O) groups is 1. The van der Waals surface area contributed by atoms with E-state index in [2.05, 4.69) is 12.2 Å². The summed E-state index contributed by atoms with van der Waals surface area (Å²) in [6, 6.07) is 6.07. The molecule has 3 nitrogen and oxygen atoms in total. The molecule has 86 valence electrons. The van der Waals surface area contributed by atoms with Crippen LogP contribution in [-0.4, -0.2) is 11.7 Å². The molecule has 0 aromatic heterocycles. The van der Waals surface area contributed by atoms with Gasteiger partial charge >= 0.3 is 0 Å². The molecule has 3 N–H and O–H groups in total. The number of fused-ring (bicyclic) bond motifs is 1. The fourth-order valence-corrected chi connectivity index (χ4v) is 2.43. The van der Waals surface area contributed by atoms with Crippen LogP contribution in [0.4, 0.5) is 5.69 Å². The van der Waals surface area contributed by atoms with Crippen LogP contribution in [0.15, 0.2) is 23.1 Å². The summed E-state index contributed by atoms with van der Waals surface area (Å²) in [4.78, 5) is 12.4. The van der Waals surface area contributed by atoms with E-state index >= 15 is 0 Å². The van der Waals surface area contributed by atoms with E-state index in [0.29, 0.717) is 5.75 Å². The van der Waals surface area contributed by atoms with Gasteiger partial charge in [0.25, 0.3) is 0 Å². The van der Waals surface area contributed by atoms with E-state index in [1.54, 1.807) is 11.8 Å². The third-order valence-corrected chi connectivity index (χ3v) is 4.08. The van der Waals surface area contributed by atoms with Crippen molar-refractivity contribution in [2.24, 2.45) is 5.73 Å². The molecule has 1 unspecified atom stereocenters. The SMILES string of the molecule is CCC(C)(N)c1ccc2c(c1)NC(=O)CS2. The molecule has 1 amide bonds. The summed E-state index contributed by atoms with van der Waals surface area (Å²) in [6.07, 6.45) is 0.868. The zero-order chi connectivity index (χ0) is 11.8. The van der Waals surface area contributed by atoms with E-state index < -0.39 is 0 Å². The molecule has 16 heavy (non-hydrogen) atoms. The number of nitrogens with one attached hydrogen (secondary N) is 1. The van der Waals surface area contributed by atoms with E-state index in [0.717, 1.165) is 22.6 Å². The Morgan fingerprint density at radius 2 is 2.31 bits per heavy atom. The normalized spacial score (nSPS) is 18.6. The first-order valence-electron chi connectivity index (χ1n) is 5.39. The van der Waals surface area contributed by atoms with Crippen molar-refractivity contribution in [1.29, 1.82) is 0 Å². The van der Waals surface area contributed by atoms with Crippen LogP contribution in [0.2, 0.25) is 0 Å². The van der Waals surface area contributed by atoms with Gasteiger partial charge in [0.1, 0.15) is 0 Å². The van der Waals surface area contributed by atoms with Gasteiger partial charge in [-0.25, -0.2) is 0 Å². The van der Waals surface area contributed by atoms with Crippen LogP contribution in [0.3, 0.4) is 0 Å². The van der Waals surface area contributed by atoms with E-state index in [4.69, 9.17) is 5.73 Å². The topological polar surface area (TPSA) is 55.1 Å². The molecular weight excluding hydrogens is 220 g/mol. The van der Waals surface area contributed by atoms with Crippen LogP contribution in [0.25, 0.3) is 0 Å². The summed E-state index contributed by atoms with van der Waals surface area (Å²) in [7, 11) is 0. The Kier molecular flexibility index (Phi) is 2.95. The Labute approximate surface area is 99.8 Å². The van der Waals surface area contributed by atoms with Crippen molar-refractivity contribution in [1.82, 2.24) is 0 Å². The molecule has 0 aliphatic carbocycles. The number of benzene rings is 1. The van der Waals surface area contributed by atoms with Crippen molar-refractivity contribution in [3.8, 4) is 0 Å². The predicted molar refractivity (Wildman–Crippen MR) is 67.6 cm³/mol. The molecule has 0 fully saturated rings. The molecule has 2 rings (SSSR count). The van der Waals surface area contributed by atoms with Crippen LogP contribution in [-0.2, 0) is 10.3 Å². The molecule has 0 radical (unpaired) electrons. The first-order valence-corrected chi connectivity index (χ1v) is 6.37. The summed E-state index contributed by atoms with van der Waals surface area (Å²) in [5.41, 5.74) is 7.81. The average Bonchev–Trinajstić information content (AvgIpc) is 2.28. The molecule has 1 aliphatic heterocycles. The highest BCUT2D eigenvalue weighted by Gasteiger charge is 2.22. The van der Waals surface area contributed by atoms with Gasteiger partial charge in [0, 0.05) is 10.4 Å². The van der Waals surface area contributed by atoms with E-state index in [1.807, 2.05) is 25.1 Å². The maximum Gasteiger partial charge on any atom is 0.234 e. The summed E-state index contributed by atoms with van der Waals surface area (Å²) in [5, 5.41) is 2.88. The minimum absolute atomic E-state index is 0.0601. The number of hydrogen-bond acceptors (Lipinski definition) is 3. The van der Waals surface area contributed by atoms with Crippen LogP contribution in [0.5, 0.6) is 0 Å². The quantitative estimate of drug-likeness (QED) is 0.828. The van der Waals surface area contributed by atoms with Gasteiger partial charge in [0.2, 0.25) is 5.91 Å². The molecule has 1 heterocycles. The molecule has 1 aromatic carbocycles. The molecular formula is C12H16N2OS. The van der Waals surface area contributed by atoms with Crippen LogP contribution < -0.4 is 11.1 Å². The first kappa shape index (κ1) is 11.5. The van der Waals surface area contributed by atoms with Crippen LogP contribution in [0.1, 0.15) is 25.8 Å². The van der Waals surface area contributed by atoms with E-state index in [9.17, 15) is 4.79 Å². The van der Waals surface area contributed by atoms with Crippen molar-refractivity contribution in [3.63, 3.8) is 0 Å². The van der Waals surface area contributed by atoms with E-state index in [-0.39, 0.29) is 11.4 Å².